The maximum Gasteiger partial charge on any atom is 0.224 e. The first-order chi connectivity index (χ1) is 14.0. The number of carbonyl (C=O) groups is 1. The molecule has 1 atom stereocenters. The number of aryl methyl sites for hydroxylation is 2. The van der Waals surface area contributed by atoms with Crippen molar-refractivity contribution in [2.75, 3.05) is 23.3 Å². The molecule has 1 aromatic heterocycles. The highest BCUT2D eigenvalue weighted by atomic mass is 35.5. The summed E-state index contributed by atoms with van der Waals surface area (Å²) in [6.07, 6.45) is 2.06. The van der Waals surface area contributed by atoms with E-state index >= 15 is 0 Å². The Morgan fingerprint density at radius 1 is 1.21 bits per heavy atom. The number of carbonyl (C=O) groups excluding carboxylic acids is 1. The SMILES string of the molecule is Cc1ccc(CCC(=O)Nc2c(Cl)ccc3nc(N4CC[C@H](N)C4)ccc23)cc1. The molecule has 3 aromatic rings. The normalized spacial score (nSPS) is 16.4. The van der Waals surface area contributed by atoms with Crippen LogP contribution < -0.4 is 16.0 Å². The molecule has 0 bridgehead atoms. The van der Waals surface area contributed by atoms with Crippen LogP contribution in [0.4, 0.5) is 11.5 Å². The van der Waals surface area contributed by atoms with E-state index in [0.717, 1.165) is 41.8 Å². The van der Waals surface area contributed by atoms with Crippen LogP contribution in [0.2, 0.25) is 5.02 Å². The number of hydrogen-bond donors (Lipinski definition) is 2. The van der Waals surface area contributed by atoms with Crippen LogP contribution in [0.5, 0.6) is 0 Å². The summed E-state index contributed by atoms with van der Waals surface area (Å²) in [5.74, 6) is 0.846. The number of aromatic nitrogens is 1. The minimum absolute atomic E-state index is 0.0606. The number of nitrogens with zero attached hydrogens (tertiary/aromatic N) is 2. The van der Waals surface area contributed by atoms with Gasteiger partial charge in [0.2, 0.25) is 5.91 Å². The maximum atomic E-state index is 12.5. The van der Waals surface area contributed by atoms with Gasteiger partial charge in [-0.25, -0.2) is 4.98 Å². The average Bonchev–Trinajstić information content (AvgIpc) is 3.16. The van der Waals surface area contributed by atoms with Crippen molar-refractivity contribution >= 4 is 39.9 Å². The van der Waals surface area contributed by atoms with Crippen LogP contribution in [0.1, 0.15) is 24.0 Å². The van der Waals surface area contributed by atoms with Crippen LogP contribution >= 0.6 is 11.6 Å². The third kappa shape index (κ3) is 4.52. The second-order valence-electron chi connectivity index (χ2n) is 7.69. The van der Waals surface area contributed by atoms with E-state index in [0.29, 0.717) is 23.6 Å². The summed E-state index contributed by atoms with van der Waals surface area (Å²) < 4.78 is 0. The number of benzene rings is 2. The standard InChI is InChI=1S/C23H25ClN4O/c1-15-2-4-16(5-3-15)6-11-22(29)27-23-18-7-10-21(28-13-12-17(25)14-28)26-20(18)9-8-19(23)24/h2-5,7-10,17H,6,11-14,25H2,1H3,(H,27,29)/t17-/m0/s1. The first kappa shape index (κ1) is 19.7. The van der Waals surface area contributed by atoms with Crippen LogP contribution in [0.3, 0.4) is 0 Å². The first-order valence-electron chi connectivity index (χ1n) is 9.95. The molecule has 1 aliphatic heterocycles. The van der Waals surface area contributed by atoms with Gasteiger partial charge >= 0.3 is 0 Å². The Hall–Kier alpha value is -2.63. The summed E-state index contributed by atoms with van der Waals surface area (Å²) in [6, 6.07) is 16.1. The van der Waals surface area contributed by atoms with E-state index in [1.165, 1.54) is 5.56 Å². The summed E-state index contributed by atoms with van der Waals surface area (Å²) in [5, 5.41) is 4.34. The van der Waals surface area contributed by atoms with Crippen molar-refractivity contribution in [3.05, 3.63) is 64.7 Å². The molecule has 0 radical (unpaired) electrons. The van der Waals surface area contributed by atoms with Gasteiger partial charge in [0.15, 0.2) is 0 Å². The second kappa shape index (κ2) is 8.39. The molecule has 4 rings (SSSR count). The van der Waals surface area contributed by atoms with E-state index in [1.54, 1.807) is 6.07 Å². The van der Waals surface area contributed by atoms with Crippen LogP contribution in [0.15, 0.2) is 48.5 Å². The first-order valence-corrected chi connectivity index (χ1v) is 10.3. The molecule has 29 heavy (non-hydrogen) atoms. The topological polar surface area (TPSA) is 71.2 Å². The molecule has 5 nitrogen and oxygen atoms in total. The summed E-state index contributed by atoms with van der Waals surface area (Å²) in [5.41, 5.74) is 9.80. The largest absolute Gasteiger partial charge is 0.355 e. The molecule has 6 heteroatoms. The van der Waals surface area contributed by atoms with E-state index in [9.17, 15) is 4.79 Å². The highest BCUT2D eigenvalue weighted by molar-refractivity contribution is 6.35. The number of nitrogens with two attached hydrogens (primary N) is 1. The van der Waals surface area contributed by atoms with Gasteiger partial charge in [-0.05, 0) is 49.6 Å². The van der Waals surface area contributed by atoms with Crippen molar-refractivity contribution in [2.45, 2.75) is 32.2 Å². The third-order valence-electron chi connectivity index (χ3n) is 5.38. The highest BCUT2D eigenvalue weighted by Gasteiger charge is 2.21. The van der Waals surface area contributed by atoms with E-state index in [4.69, 9.17) is 22.3 Å². The number of anilines is 2. The zero-order valence-electron chi connectivity index (χ0n) is 16.5. The molecule has 0 saturated carbocycles. The molecule has 0 unspecified atom stereocenters. The molecule has 2 aromatic carbocycles. The number of pyridine rings is 1. The molecule has 0 aliphatic carbocycles. The number of halogens is 1. The highest BCUT2D eigenvalue weighted by Crippen LogP contribution is 2.32. The van der Waals surface area contributed by atoms with Gasteiger partial charge in [-0.2, -0.15) is 0 Å². The lowest BCUT2D eigenvalue weighted by molar-refractivity contribution is -0.116. The minimum atomic E-state index is -0.0606. The zero-order chi connectivity index (χ0) is 20.4. The predicted molar refractivity (Wildman–Crippen MR) is 120 cm³/mol. The molecular weight excluding hydrogens is 384 g/mol. The Kier molecular flexibility index (Phi) is 5.69. The quantitative estimate of drug-likeness (QED) is 0.660. The summed E-state index contributed by atoms with van der Waals surface area (Å²) in [7, 11) is 0. The molecule has 0 spiro atoms. The number of fused-ring (bicyclic) bond motifs is 1. The molecule has 3 N–H and O–H groups in total. The maximum absolute atomic E-state index is 12.5. The smallest absolute Gasteiger partial charge is 0.224 e. The number of hydrogen-bond acceptors (Lipinski definition) is 4. The molecule has 150 valence electrons. The lowest BCUT2D eigenvalue weighted by Gasteiger charge is -2.18. The van der Waals surface area contributed by atoms with Crippen molar-refractivity contribution in [3.63, 3.8) is 0 Å². The van der Waals surface area contributed by atoms with Gasteiger partial charge in [-0.3, -0.25) is 4.79 Å². The van der Waals surface area contributed by atoms with Crippen LogP contribution in [0, 0.1) is 6.92 Å². The predicted octanol–water partition coefficient (Wildman–Crippen LogP) is 4.31. The molecular formula is C23H25ClN4O. The summed E-state index contributed by atoms with van der Waals surface area (Å²) in [4.78, 5) is 19.5. The van der Waals surface area contributed by atoms with Gasteiger partial charge in [0, 0.05) is 30.9 Å². The Morgan fingerprint density at radius 2 is 2.00 bits per heavy atom. The second-order valence-corrected chi connectivity index (χ2v) is 8.09. The zero-order valence-corrected chi connectivity index (χ0v) is 17.2. The molecule has 1 fully saturated rings. The monoisotopic (exact) mass is 408 g/mol. The fourth-order valence-electron chi connectivity index (χ4n) is 3.68. The lowest BCUT2D eigenvalue weighted by atomic mass is 10.1. The summed E-state index contributed by atoms with van der Waals surface area (Å²) in [6.45, 7) is 3.78. The van der Waals surface area contributed by atoms with Crippen LogP contribution in [0.25, 0.3) is 10.9 Å². The fourth-order valence-corrected chi connectivity index (χ4v) is 3.89. The number of nitrogens with one attached hydrogen (secondary N) is 1. The van der Waals surface area contributed by atoms with Gasteiger partial charge in [-0.15, -0.1) is 0 Å². The van der Waals surface area contributed by atoms with Gasteiger partial charge in [0.1, 0.15) is 5.82 Å². The molecule has 1 aliphatic rings. The molecule has 2 heterocycles. The van der Waals surface area contributed by atoms with Crippen molar-refractivity contribution in [1.29, 1.82) is 0 Å². The van der Waals surface area contributed by atoms with Crippen molar-refractivity contribution in [3.8, 4) is 0 Å². The Balaban J connectivity index is 1.50. The fraction of sp³-hybridized carbons (Fsp3) is 0.304. The van der Waals surface area contributed by atoms with E-state index in [2.05, 4.69) is 41.4 Å². The van der Waals surface area contributed by atoms with Gasteiger partial charge in [-0.1, -0.05) is 41.4 Å². The minimum Gasteiger partial charge on any atom is -0.355 e. The van der Waals surface area contributed by atoms with Crippen LogP contribution in [-0.4, -0.2) is 30.0 Å². The van der Waals surface area contributed by atoms with Gasteiger partial charge < -0.3 is 16.0 Å². The lowest BCUT2D eigenvalue weighted by Crippen LogP contribution is -2.26. The van der Waals surface area contributed by atoms with E-state index in [1.807, 2.05) is 18.2 Å². The van der Waals surface area contributed by atoms with E-state index in [-0.39, 0.29) is 11.9 Å². The van der Waals surface area contributed by atoms with Crippen molar-refractivity contribution in [1.82, 2.24) is 4.98 Å². The van der Waals surface area contributed by atoms with Crippen molar-refractivity contribution < 1.29 is 4.79 Å². The number of amides is 1. The van der Waals surface area contributed by atoms with E-state index < -0.39 is 0 Å². The Bertz CT molecular complexity index is 1030. The van der Waals surface area contributed by atoms with Gasteiger partial charge in [0.05, 0.1) is 16.2 Å². The Morgan fingerprint density at radius 3 is 2.72 bits per heavy atom. The third-order valence-corrected chi connectivity index (χ3v) is 5.70. The number of rotatable bonds is 5. The summed E-state index contributed by atoms with van der Waals surface area (Å²) >= 11 is 6.40. The Labute approximate surface area is 175 Å². The van der Waals surface area contributed by atoms with Crippen molar-refractivity contribution in [2.24, 2.45) is 5.73 Å². The molecule has 1 amide bonds. The van der Waals surface area contributed by atoms with Crippen LogP contribution in [-0.2, 0) is 11.2 Å². The molecule has 1 saturated heterocycles. The average molecular weight is 409 g/mol. The van der Waals surface area contributed by atoms with Gasteiger partial charge in [0.25, 0.3) is 0 Å².